The molecule has 0 saturated heterocycles. The summed E-state index contributed by atoms with van der Waals surface area (Å²) in [5.41, 5.74) is -0.363. The summed E-state index contributed by atoms with van der Waals surface area (Å²) in [5.74, 6) is 0.824. The Morgan fingerprint density at radius 2 is 2.00 bits per heavy atom. The maximum Gasteiger partial charge on any atom is 0.263 e. The number of aliphatic hydroxyl groups is 1. The molecule has 116 valence electrons. The van der Waals surface area contributed by atoms with Crippen LogP contribution in [0.15, 0.2) is 34.2 Å². The maximum atomic E-state index is 11.9. The van der Waals surface area contributed by atoms with Crippen LogP contribution in [0, 0.1) is 5.92 Å². The first-order chi connectivity index (χ1) is 9.71. The fraction of sp³-hybridized carbons (Fsp3) is 0.533. The number of fused-ring (bicyclic) bond motifs is 1. The molecule has 2 rings (SSSR count). The molecule has 0 radical (unpaired) electrons. The van der Waals surface area contributed by atoms with Crippen LogP contribution in [-0.4, -0.2) is 31.5 Å². The zero-order valence-corrected chi connectivity index (χ0v) is 13.4. The van der Waals surface area contributed by atoms with Crippen LogP contribution in [0.1, 0.15) is 39.2 Å². The Hall–Kier alpha value is -1.40. The number of hydrogen-bond donors (Lipinski definition) is 2. The third kappa shape index (κ3) is 3.83. The molecule has 0 spiro atoms. The Balaban J connectivity index is 2.17. The van der Waals surface area contributed by atoms with Crippen LogP contribution in [0.2, 0.25) is 0 Å². The number of rotatable bonds is 5. The highest BCUT2D eigenvalue weighted by molar-refractivity contribution is 7.90. The van der Waals surface area contributed by atoms with Gasteiger partial charge in [-0.05, 0) is 37.8 Å². The van der Waals surface area contributed by atoms with Crippen LogP contribution in [0.3, 0.4) is 0 Å². The molecule has 0 aromatic heterocycles. The standard InChI is InChI=1S/C15H22N2O3S/c1-11(2)8-9-15(3,18)10-16-14-12-6-4-5-7-13(12)21(19,20)17-14/h4-7,11,18H,8-10H2,1-3H3,(H,16,17). The van der Waals surface area contributed by atoms with Gasteiger partial charge in [-0.25, -0.2) is 8.42 Å². The predicted molar refractivity (Wildman–Crippen MR) is 82.9 cm³/mol. The van der Waals surface area contributed by atoms with Gasteiger partial charge in [-0.1, -0.05) is 26.0 Å². The van der Waals surface area contributed by atoms with E-state index >= 15 is 0 Å². The van der Waals surface area contributed by atoms with Crippen molar-refractivity contribution in [3.05, 3.63) is 29.8 Å². The first-order valence-corrected chi connectivity index (χ1v) is 8.59. The Morgan fingerprint density at radius 3 is 2.67 bits per heavy atom. The fourth-order valence-electron chi connectivity index (χ4n) is 2.18. The third-order valence-corrected chi connectivity index (χ3v) is 4.90. The van der Waals surface area contributed by atoms with Gasteiger partial charge in [-0.2, -0.15) is 0 Å². The van der Waals surface area contributed by atoms with Gasteiger partial charge in [0.25, 0.3) is 10.0 Å². The summed E-state index contributed by atoms with van der Waals surface area (Å²) < 4.78 is 26.3. The van der Waals surface area contributed by atoms with Gasteiger partial charge in [-0.3, -0.25) is 9.71 Å². The maximum absolute atomic E-state index is 11.9. The van der Waals surface area contributed by atoms with Crippen LogP contribution in [0.25, 0.3) is 0 Å². The van der Waals surface area contributed by atoms with Crippen molar-refractivity contribution < 1.29 is 13.5 Å². The molecule has 1 aromatic rings. The van der Waals surface area contributed by atoms with Crippen molar-refractivity contribution in [2.75, 3.05) is 6.54 Å². The fourth-order valence-corrected chi connectivity index (χ4v) is 3.43. The van der Waals surface area contributed by atoms with Gasteiger partial charge in [0.15, 0.2) is 0 Å². The van der Waals surface area contributed by atoms with Crippen molar-refractivity contribution in [2.24, 2.45) is 10.9 Å². The molecule has 5 nitrogen and oxygen atoms in total. The van der Waals surface area contributed by atoms with Gasteiger partial charge in [-0.15, -0.1) is 0 Å². The van der Waals surface area contributed by atoms with E-state index in [0.717, 1.165) is 6.42 Å². The Labute approximate surface area is 126 Å². The minimum atomic E-state index is -3.51. The second kappa shape index (κ2) is 5.77. The van der Waals surface area contributed by atoms with Gasteiger partial charge in [0.05, 0.1) is 17.0 Å². The molecule has 0 amide bonds. The van der Waals surface area contributed by atoms with E-state index in [0.29, 0.717) is 23.7 Å². The minimum Gasteiger partial charge on any atom is -0.388 e. The van der Waals surface area contributed by atoms with Crippen LogP contribution in [0.5, 0.6) is 0 Å². The minimum absolute atomic E-state index is 0.173. The number of benzene rings is 1. The lowest BCUT2D eigenvalue weighted by Crippen LogP contribution is -2.31. The second-order valence-corrected chi connectivity index (χ2v) is 7.85. The van der Waals surface area contributed by atoms with E-state index < -0.39 is 15.6 Å². The molecular formula is C15H22N2O3S. The molecule has 0 fully saturated rings. The van der Waals surface area contributed by atoms with E-state index in [4.69, 9.17) is 0 Å². The van der Waals surface area contributed by atoms with Crippen molar-refractivity contribution in [3.63, 3.8) is 0 Å². The second-order valence-electron chi connectivity index (χ2n) is 6.20. The summed E-state index contributed by atoms with van der Waals surface area (Å²) in [5, 5.41) is 10.3. The van der Waals surface area contributed by atoms with E-state index in [9.17, 15) is 13.5 Å². The molecule has 1 heterocycles. The van der Waals surface area contributed by atoms with Gasteiger partial charge in [0.2, 0.25) is 0 Å². The van der Waals surface area contributed by atoms with Gasteiger partial charge < -0.3 is 5.11 Å². The van der Waals surface area contributed by atoms with Crippen molar-refractivity contribution in [1.82, 2.24) is 4.72 Å². The molecule has 1 aromatic carbocycles. The Bertz CT molecular complexity index is 649. The van der Waals surface area contributed by atoms with Gasteiger partial charge in [0, 0.05) is 5.56 Å². The normalized spacial score (nSPS) is 21.1. The summed E-state index contributed by atoms with van der Waals surface area (Å²) in [7, 11) is -3.51. The Kier molecular flexibility index (Phi) is 4.39. The average molecular weight is 310 g/mol. The highest BCUT2D eigenvalue weighted by Crippen LogP contribution is 2.23. The Morgan fingerprint density at radius 1 is 1.33 bits per heavy atom. The summed E-state index contributed by atoms with van der Waals surface area (Å²) >= 11 is 0. The summed E-state index contributed by atoms with van der Waals surface area (Å²) in [6.45, 7) is 6.10. The first-order valence-electron chi connectivity index (χ1n) is 7.10. The summed E-state index contributed by atoms with van der Waals surface area (Å²) in [6, 6.07) is 6.72. The molecule has 0 bridgehead atoms. The van der Waals surface area contributed by atoms with Crippen molar-refractivity contribution >= 4 is 15.9 Å². The van der Waals surface area contributed by atoms with E-state index in [1.54, 1.807) is 31.2 Å². The number of nitrogens with zero attached hydrogens (tertiary/aromatic N) is 1. The molecule has 1 atom stereocenters. The topological polar surface area (TPSA) is 78.8 Å². The van der Waals surface area contributed by atoms with Crippen molar-refractivity contribution in [3.8, 4) is 0 Å². The molecule has 1 aliphatic rings. The summed E-state index contributed by atoms with van der Waals surface area (Å²) in [6.07, 6.45) is 1.54. The molecule has 1 unspecified atom stereocenters. The number of amidine groups is 1. The van der Waals surface area contributed by atoms with Crippen molar-refractivity contribution in [2.45, 2.75) is 44.1 Å². The van der Waals surface area contributed by atoms with E-state index in [1.165, 1.54) is 0 Å². The predicted octanol–water partition coefficient (Wildman–Crippen LogP) is 1.91. The number of hydrogen-bond acceptors (Lipinski definition) is 4. The molecule has 1 aliphatic heterocycles. The molecule has 0 aliphatic carbocycles. The van der Waals surface area contributed by atoms with Gasteiger partial charge >= 0.3 is 0 Å². The molecule has 0 saturated carbocycles. The highest BCUT2D eigenvalue weighted by Gasteiger charge is 2.31. The van der Waals surface area contributed by atoms with Crippen LogP contribution >= 0.6 is 0 Å². The van der Waals surface area contributed by atoms with Gasteiger partial charge in [0.1, 0.15) is 5.84 Å². The molecular weight excluding hydrogens is 288 g/mol. The van der Waals surface area contributed by atoms with E-state index in [2.05, 4.69) is 23.6 Å². The SMILES string of the molecule is CC(C)CCC(C)(O)CN=C1NS(=O)(=O)c2ccccc21. The molecule has 6 heteroatoms. The smallest absolute Gasteiger partial charge is 0.263 e. The lowest BCUT2D eigenvalue weighted by atomic mass is 9.95. The van der Waals surface area contributed by atoms with Crippen LogP contribution in [0.4, 0.5) is 0 Å². The summed E-state index contributed by atoms with van der Waals surface area (Å²) in [4.78, 5) is 4.53. The van der Waals surface area contributed by atoms with E-state index in [-0.39, 0.29) is 11.4 Å². The number of nitrogens with one attached hydrogen (secondary N) is 1. The van der Waals surface area contributed by atoms with E-state index in [1.807, 2.05) is 0 Å². The first kappa shape index (κ1) is 16.0. The zero-order chi connectivity index (χ0) is 15.7. The van der Waals surface area contributed by atoms with Crippen LogP contribution < -0.4 is 4.72 Å². The van der Waals surface area contributed by atoms with Crippen molar-refractivity contribution in [1.29, 1.82) is 0 Å². The highest BCUT2D eigenvalue weighted by atomic mass is 32.2. The van der Waals surface area contributed by atoms with Crippen LogP contribution in [-0.2, 0) is 10.0 Å². The monoisotopic (exact) mass is 310 g/mol. The lowest BCUT2D eigenvalue weighted by molar-refractivity contribution is 0.0548. The third-order valence-electron chi connectivity index (χ3n) is 3.50. The largest absolute Gasteiger partial charge is 0.388 e. The number of sulfonamides is 1. The average Bonchev–Trinajstić information content (AvgIpc) is 2.67. The lowest BCUT2D eigenvalue weighted by Gasteiger charge is -2.22. The molecule has 2 N–H and O–H groups in total. The molecule has 21 heavy (non-hydrogen) atoms. The number of aliphatic imine (C=N–C) groups is 1. The quantitative estimate of drug-likeness (QED) is 0.872. The zero-order valence-electron chi connectivity index (χ0n) is 12.6.